The van der Waals surface area contributed by atoms with Gasteiger partial charge in [0.05, 0.1) is 29.8 Å². The third-order valence-corrected chi connectivity index (χ3v) is 4.51. The molecule has 27 heavy (non-hydrogen) atoms. The van der Waals surface area contributed by atoms with Crippen molar-refractivity contribution in [1.29, 1.82) is 0 Å². The molecule has 0 bridgehead atoms. The number of imidazole rings is 1. The molecule has 0 fully saturated rings. The fourth-order valence-electron chi connectivity index (χ4n) is 3.21. The molecular formula is C22H21N3O2. The summed E-state index contributed by atoms with van der Waals surface area (Å²) in [6.07, 6.45) is 3.69. The van der Waals surface area contributed by atoms with Crippen LogP contribution in [0.15, 0.2) is 67.1 Å². The van der Waals surface area contributed by atoms with Crippen molar-refractivity contribution in [2.45, 2.75) is 13.5 Å². The molecule has 0 aliphatic carbocycles. The average molecular weight is 359 g/mol. The van der Waals surface area contributed by atoms with Gasteiger partial charge in [0.1, 0.15) is 5.75 Å². The van der Waals surface area contributed by atoms with E-state index < -0.39 is 0 Å². The minimum absolute atomic E-state index is 0.217. The van der Waals surface area contributed by atoms with Crippen LogP contribution in [-0.4, -0.2) is 32.9 Å². The standard InChI is InChI=1S/C22H21N3O2/c1-2-27-11-10-25-15-24-21(16-6-4-3-5-7-16)22(25)18-12-17-8-9-19(26)13-20(17)23-14-18/h3-9,12-15,26H,2,10-11H2,1H3. The van der Waals surface area contributed by atoms with Crippen molar-refractivity contribution in [2.24, 2.45) is 0 Å². The number of phenolic OH excluding ortho intramolecular Hbond substituents is 1. The van der Waals surface area contributed by atoms with Gasteiger partial charge in [-0.2, -0.15) is 0 Å². The van der Waals surface area contributed by atoms with Gasteiger partial charge in [-0.3, -0.25) is 4.98 Å². The van der Waals surface area contributed by atoms with Gasteiger partial charge in [0.25, 0.3) is 0 Å². The van der Waals surface area contributed by atoms with E-state index >= 15 is 0 Å². The number of fused-ring (bicyclic) bond motifs is 1. The van der Waals surface area contributed by atoms with E-state index in [-0.39, 0.29) is 5.75 Å². The molecule has 0 radical (unpaired) electrons. The summed E-state index contributed by atoms with van der Waals surface area (Å²) >= 11 is 0. The van der Waals surface area contributed by atoms with Crippen LogP contribution in [0.4, 0.5) is 0 Å². The molecule has 0 aliphatic rings. The number of phenols is 1. The Morgan fingerprint density at radius 1 is 1.00 bits per heavy atom. The van der Waals surface area contributed by atoms with E-state index in [2.05, 4.69) is 32.7 Å². The Kier molecular flexibility index (Phi) is 4.85. The molecule has 5 nitrogen and oxygen atoms in total. The number of nitrogens with zero attached hydrogens (tertiary/aromatic N) is 3. The third kappa shape index (κ3) is 3.55. The van der Waals surface area contributed by atoms with Gasteiger partial charge >= 0.3 is 0 Å². The Morgan fingerprint density at radius 3 is 2.67 bits per heavy atom. The quantitative estimate of drug-likeness (QED) is 0.515. The van der Waals surface area contributed by atoms with E-state index in [9.17, 15) is 5.11 Å². The van der Waals surface area contributed by atoms with Crippen LogP contribution < -0.4 is 0 Å². The van der Waals surface area contributed by atoms with Crippen LogP contribution in [0.25, 0.3) is 33.4 Å². The first-order valence-corrected chi connectivity index (χ1v) is 9.03. The number of aromatic hydroxyl groups is 1. The van der Waals surface area contributed by atoms with Crippen molar-refractivity contribution >= 4 is 10.9 Å². The summed E-state index contributed by atoms with van der Waals surface area (Å²) in [6, 6.07) is 17.5. The van der Waals surface area contributed by atoms with Crippen LogP contribution in [-0.2, 0) is 11.3 Å². The molecular weight excluding hydrogens is 338 g/mol. The summed E-state index contributed by atoms with van der Waals surface area (Å²) in [5.41, 5.74) is 4.75. The zero-order valence-electron chi connectivity index (χ0n) is 15.2. The number of hydrogen-bond donors (Lipinski definition) is 1. The van der Waals surface area contributed by atoms with Crippen molar-refractivity contribution < 1.29 is 9.84 Å². The zero-order chi connectivity index (χ0) is 18.6. The first-order chi connectivity index (χ1) is 13.3. The predicted octanol–water partition coefficient (Wildman–Crippen LogP) is 4.51. The van der Waals surface area contributed by atoms with Gasteiger partial charge in [0, 0.05) is 41.9 Å². The predicted molar refractivity (Wildman–Crippen MR) is 107 cm³/mol. The van der Waals surface area contributed by atoms with Gasteiger partial charge < -0.3 is 14.4 Å². The maximum absolute atomic E-state index is 9.67. The van der Waals surface area contributed by atoms with E-state index in [1.807, 2.05) is 43.7 Å². The Balaban J connectivity index is 1.83. The second-order valence-electron chi connectivity index (χ2n) is 6.30. The second-order valence-corrected chi connectivity index (χ2v) is 6.30. The minimum atomic E-state index is 0.217. The van der Waals surface area contributed by atoms with Gasteiger partial charge in [0.2, 0.25) is 0 Å². The Labute approximate surface area is 157 Å². The molecule has 0 spiro atoms. The molecule has 1 N–H and O–H groups in total. The first kappa shape index (κ1) is 17.2. The lowest BCUT2D eigenvalue weighted by molar-refractivity contribution is 0.139. The van der Waals surface area contributed by atoms with Crippen LogP contribution in [0, 0.1) is 0 Å². The molecule has 0 unspecified atom stereocenters. The zero-order valence-corrected chi connectivity index (χ0v) is 15.2. The summed E-state index contributed by atoms with van der Waals surface area (Å²) in [4.78, 5) is 9.21. The second kappa shape index (κ2) is 7.60. The lowest BCUT2D eigenvalue weighted by Gasteiger charge is -2.11. The molecule has 2 aromatic heterocycles. The third-order valence-electron chi connectivity index (χ3n) is 4.51. The van der Waals surface area contributed by atoms with Crippen molar-refractivity contribution in [1.82, 2.24) is 14.5 Å². The largest absolute Gasteiger partial charge is 0.508 e. The highest BCUT2D eigenvalue weighted by Gasteiger charge is 2.16. The minimum Gasteiger partial charge on any atom is -0.508 e. The summed E-state index contributed by atoms with van der Waals surface area (Å²) in [7, 11) is 0. The number of benzene rings is 2. The Hall–Kier alpha value is -3.18. The summed E-state index contributed by atoms with van der Waals surface area (Å²) in [5, 5.41) is 10.6. The molecule has 2 aromatic carbocycles. The molecule has 4 rings (SSSR count). The number of rotatable bonds is 6. The number of pyridine rings is 1. The van der Waals surface area contributed by atoms with Gasteiger partial charge in [-0.05, 0) is 25.1 Å². The fourth-order valence-corrected chi connectivity index (χ4v) is 3.21. The lowest BCUT2D eigenvalue weighted by Crippen LogP contribution is -2.06. The van der Waals surface area contributed by atoms with Crippen LogP contribution >= 0.6 is 0 Å². The van der Waals surface area contributed by atoms with E-state index in [1.165, 1.54) is 0 Å². The van der Waals surface area contributed by atoms with E-state index in [0.717, 1.165) is 40.0 Å². The van der Waals surface area contributed by atoms with Crippen molar-refractivity contribution in [3.63, 3.8) is 0 Å². The summed E-state index contributed by atoms with van der Waals surface area (Å²) in [6.45, 7) is 4.03. The van der Waals surface area contributed by atoms with Gasteiger partial charge in [-0.15, -0.1) is 0 Å². The van der Waals surface area contributed by atoms with Gasteiger partial charge in [-0.1, -0.05) is 30.3 Å². The molecule has 0 atom stereocenters. The van der Waals surface area contributed by atoms with Crippen molar-refractivity contribution in [3.8, 4) is 28.3 Å². The monoisotopic (exact) mass is 359 g/mol. The van der Waals surface area contributed by atoms with Crippen LogP contribution in [0.1, 0.15) is 6.92 Å². The highest BCUT2D eigenvalue weighted by Crippen LogP contribution is 2.32. The van der Waals surface area contributed by atoms with Crippen LogP contribution in [0.5, 0.6) is 5.75 Å². The number of aromatic nitrogens is 3. The maximum Gasteiger partial charge on any atom is 0.117 e. The van der Waals surface area contributed by atoms with Crippen LogP contribution in [0.2, 0.25) is 0 Å². The molecule has 2 heterocycles. The molecule has 4 aromatic rings. The molecule has 0 amide bonds. The van der Waals surface area contributed by atoms with Crippen LogP contribution in [0.3, 0.4) is 0 Å². The van der Waals surface area contributed by atoms with E-state index in [1.54, 1.807) is 12.1 Å². The highest BCUT2D eigenvalue weighted by molar-refractivity contribution is 5.87. The number of ether oxygens (including phenoxy) is 1. The Morgan fingerprint density at radius 2 is 1.85 bits per heavy atom. The lowest BCUT2D eigenvalue weighted by atomic mass is 10.0. The van der Waals surface area contributed by atoms with Crippen molar-refractivity contribution in [2.75, 3.05) is 13.2 Å². The van der Waals surface area contributed by atoms with Gasteiger partial charge in [0.15, 0.2) is 0 Å². The normalized spacial score (nSPS) is 11.1. The van der Waals surface area contributed by atoms with Crippen molar-refractivity contribution in [3.05, 3.63) is 67.1 Å². The molecule has 5 heteroatoms. The average Bonchev–Trinajstić information content (AvgIpc) is 3.12. The summed E-state index contributed by atoms with van der Waals surface area (Å²) < 4.78 is 7.65. The highest BCUT2D eigenvalue weighted by atomic mass is 16.5. The van der Waals surface area contributed by atoms with E-state index in [0.29, 0.717) is 13.2 Å². The molecule has 0 saturated heterocycles. The molecule has 136 valence electrons. The fraction of sp³-hybridized carbons (Fsp3) is 0.182. The van der Waals surface area contributed by atoms with Gasteiger partial charge in [-0.25, -0.2) is 4.98 Å². The SMILES string of the molecule is CCOCCn1cnc(-c2ccccc2)c1-c1cnc2cc(O)ccc2c1. The van der Waals surface area contributed by atoms with E-state index in [4.69, 9.17) is 4.74 Å². The maximum atomic E-state index is 9.67. The smallest absolute Gasteiger partial charge is 0.117 e. The topological polar surface area (TPSA) is 60.2 Å². The molecule has 0 aliphatic heterocycles. The number of hydrogen-bond acceptors (Lipinski definition) is 4. The summed E-state index contributed by atoms with van der Waals surface area (Å²) in [5.74, 6) is 0.217. The molecule has 0 saturated carbocycles. The first-order valence-electron chi connectivity index (χ1n) is 9.03. The Bertz CT molecular complexity index is 1060.